The van der Waals surface area contributed by atoms with Gasteiger partial charge in [0.05, 0.1) is 6.07 Å². The minimum absolute atomic E-state index is 0.138. The Morgan fingerprint density at radius 3 is 2.48 bits per heavy atom. The molecule has 0 amide bonds. The predicted octanol–water partition coefficient (Wildman–Crippen LogP) is 4.18. The Hall–Kier alpha value is -1.99. The van der Waals surface area contributed by atoms with Crippen molar-refractivity contribution in [3.8, 4) is 6.07 Å². The number of nitrogens with zero attached hydrogens (tertiary/aromatic N) is 1. The summed E-state index contributed by atoms with van der Waals surface area (Å²) < 4.78 is 14.1. The predicted molar refractivity (Wildman–Crippen MR) is 82.2 cm³/mol. The second kappa shape index (κ2) is 6.19. The maximum Gasteiger partial charge on any atom is 0.154 e. The van der Waals surface area contributed by atoms with Gasteiger partial charge in [0.1, 0.15) is 11.2 Å². The molecule has 2 rings (SSSR count). The number of hydrogen-bond acceptors (Lipinski definition) is 2. The van der Waals surface area contributed by atoms with Gasteiger partial charge in [0.2, 0.25) is 0 Å². The van der Waals surface area contributed by atoms with Gasteiger partial charge in [-0.3, -0.25) is 4.79 Å². The minimum atomic E-state index is -1.30. The summed E-state index contributed by atoms with van der Waals surface area (Å²) in [6.07, 6.45) is 0.138. The number of carbonyl (C=O) groups is 1. The van der Waals surface area contributed by atoms with Gasteiger partial charge in [-0.15, -0.1) is 0 Å². The van der Waals surface area contributed by atoms with Crippen molar-refractivity contribution in [2.24, 2.45) is 0 Å². The zero-order chi connectivity index (χ0) is 15.5. The van der Waals surface area contributed by atoms with Crippen molar-refractivity contribution in [3.05, 3.63) is 69.9 Å². The fourth-order valence-corrected chi connectivity index (χ4v) is 2.87. The van der Waals surface area contributed by atoms with Crippen LogP contribution in [0.2, 0.25) is 0 Å². The summed E-state index contributed by atoms with van der Waals surface area (Å²) >= 11 is 3.23. The van der Waals surface area contributed by atoms with Crippen molar-refractivity contribution in [3.63, 3.8) is 0 Å². The molecule has 2 aromatic rings. The molecule has 0 N–H and O–H groups in total. The molecule has 0 saturated carbocycles. The van der Waals surface area contributed by atoms with Crippen molar-refractivity contribution in [1.82, 2.24) is 0 Å². The molecule has 0 saturated heterocycles. The van der Waals surface area contributed by atoms with Crippen LogP contribution in [0.25, 0.3) is 0 Å². The molecular weight excluding hydrogens is 333 g/mol. The zero-order valence-corrected chi connectivity index (χ0v) is 13.0. The molecule has 0 aliphatic carbocycles. The van der Waals surface area contributed by atoms with Gasteiger partial charge in [-0.05, 0) is 36.2 Å². The number of ketones is 1. The SMILES string of the molecule is CC(=O)C(C#N)(Cc1cc(F)cc(Br)c1)c1ccccc1. The van der Waals surface area contributed by atoms with Crippen molar-refractivity contribution < 1.29 is 9.18 Å². The van der Waals surface area contributed by atoms with E-state index in [1.807, 2.05) is 6.07 Å². The first-order chi connectivity index (χ1) is 9.98. The highest BCUT2D eigenvalue weighted by Gasteiger charge is 2.37. The second-order valence-corrected chi connectivity index (χ2v) is 5.81. The number of nitriles is 1. The molecule has 0 heterocycles. The topological polar surface area (TPSA) is 40.9 Å². The Morgan fingerprint density at radius 2 is 1.95 bits per heavy atom. The number of rotatable bonds is 4. The highest BCUT2D eigenvalue weighted by molar-refractivity contribution is 9.10. The van der Waals surface area contributed by atoms with Crippen molar-refractivity contribution in [1.29, 1.82) is 5.26 Å². The van der Waals surface area contributed by atoms with Crippen LogP contribution in [0.4, 0.5) is 4.39 Å². The van der Waals surface area contributed by atoms with Crippen molar-refractivity contribution >= 4 is 21.7 Å². The molecule has 4 heteroatoms. The molecule has 0 spiro atoms. The average Bonchev–Trinajstić information content (AvgIpc) is 2.44. The Labute approximate surface area is 131 Å². The fraction of sp³-hybridized carbons (Fsp3) is 0.176. The zero-order valence-electron chi connectivity index (χ0n) is 11.4. The molecule has 0 fully saturated rings. The van der Waals surface area contributed by atoms with Crippen LogP contribution >= 0.6 is 15.9 Å². The third-order valence-corrected chi connectivity index (χ3v) is 3.91. The number of Topliss-reactive ketones (excluding diaryl/α,β-unsaturated/α-hetero) is 1. The van der Waals surface area contributed by atoms with Crippen LogP contribution < -0.4 is 0 Å². The lowest BCUT2D eigenvalue weighted by Crippen LogP contribution is -2.35. The lowest BCUT2D eigenvalue weighted by molar-refractivity contribution is -0.120. The normalized spacial score (nSPS) is 13.2. The summed E-state index contributed by atoms with van der Waals surface area (Å²) in [7, 11) is 0. The number of halogens is 2. The summed E-state index contributed by atoms with van der Waals surface area (Å²) in [5.41, 5.74) is -0.0723. The van der Waals surface area contributed by atoms with Gasteiger partial charge in [0, 0.05) is 10.9 Å². The molecule has 0 radical (unpaired) electrons. The summed E-state index contributed by atoms with van der Waals surface area (Å²) in [4.78, 5) is 12.1. The van der Waals surface area contributed by atoms with Crippen LogP contribution in [0, 0.1) is 17.1 Å². The molecule has 0 aliphatic rings. The molecule has 106 valence electrons. The van der Waals surface area contributed by atoms with Crippen molar-refractivity contribution in [2.45, 2.75) is 18.8 Å². The Bertz CT molecular complexity index is 688. The highest BCUT2D eigenvalue weighted by Crippen LogP contribution is 2.30. The third-order valence-electron chi connectivity index (χ3n) is 3.45. The highest BCUT2D eigenvalue weighted by atomic mass is 79.9. The van der Waals surface area contributed by atoms with E-state index in [1.54, 1.807) is 30.3 Å². The Kier molecular flexibility index (Phi) is 4.54. The number of carbonyl (C=O) groups excluding carboxylic acids is 1. The van der Waals surface area contributed by atoms with E-state index in [2.05, 4.69) is 22.0 Å². The van der Waals surface area contributed by atoms with Crippen LogP contribution in [-0.2, 0) is 16.6 Å². The molecular formula is C17H13BrFNO. The number of hydrogen-bond donors (Lipinski definition) is 0. The Balaban J connectivity index is 2.52. The molecule has 2 nitrogen and oxygen atoms in total. The smallest absolute Gasteiger partial charge is 0.154 e. The van der Waals surface area contributed by atoms with Gasteiger partial charge < -0.3 is 0 Å². The summed E-state index contributed by atoms with van der Waals surface area (Å²) in [5, 5.41) is 9.62. The maximum absolute atomic E-state index is 13.5. The van der Waals surface area contributed by atoms with E-state index in [1.165, 1.54) is 19.1 Å². The molecule has 2 aromatic carbocycles. The second-order valence-electron chi connectivity index (χ2n) is 4.89. The van der Waals surface area contributed by atoms with E-state index in [4.69, 9.17) is 0 Å². The van der Waals surface area contributed by atoms with Crippen LogP contribution in [-0.4, -0.2) is 5.78 Å². The maximum atomic E-state index is 13.5. The molecule has 0 bridgehead atoms. The first-order valence-corrected chi connectivity index (χ1v) is 7.20. The molecule has 0 aromatic heterocycles. The van der Waals surface area contributed by atoms with Gasteiger partial charge in [-0.1, -0.05) is 46.3 Å². The van der Waals surface area contributed by atoms with Crippen LogP contribution in [0.15, 0.2) is 53.0 Å². The summed E-state index contributed by atoms with van der Waals surface area (Å²) in [6.45, 7) is 1.39. The molecule has 0 aliphatic heterocycles. The lowest BCUT2D eigenvalue weighted by atomic mass is 9.74. The van der Waals surface area contributed by atoms with Gasteiger partial charge in [0.25, 0.3) is 0 Å². The summed E-state index contributed by atoms with van der Waals surface area (Å²) in [6, 6.07) is 15.4. The van der Waals surface area contributed by atoms with Crippen LogP contribution in [0.5, 0.6) is 0 Å². The fourth-order valence-electron chi connectivity index (χ4n) is 2.35. The van der Waals surface area contributed by atoms with E-state index in [0.717, 1.165) is 0 Å². The quantitative estimate of drug-likeness (QED) is 0.833. The largest absolute Gasteiger partial charge is 0.298 e. The molecule has 21 heavy (non-hydrogen) atoms. The Morgan fingerprint density at radius 1 is 1.29 bits per heavy atom. The van der Waals surface area contributed by atoms with Gasteiger partial charge in [-0.2, -0.15) is 5.26 Å². The first-order valence-electron chi connectivity index (χ1n) is 6.41. The standard InChI is InChI=1S/C17H13BrFNO/c1-12(21)17(11-20,14-5-3-2-4-6-14)10-13-7-15(18)9-16(19)8-13/h2-9H,10H2,1H3. The monoisotopic (exact) mass is 345 g/mol. The molecule has 1 unspecified atom stereocenters. The average molecular weight is 346 g/mol. The summed E-state index contributed by atoms with van der Waals surface area (Å²) in [5.74, 6) is -0.653. The minimum Gasteiger partial charge on any atom is -0.298 e. The number of benzene rings is 2. The van der Waals surface area contributed by atoms with E-state index in [0.29, 0.717) is 15.6 Å². The molecule has 1 atom stereocenters. The van der Waals surface area contributed by atoms with E-state index < -0.39 is 11.2 Å². The first kappa shape index (κ1) is 15.4. The van der Waals surface area contributed by atoms with E-state index >= 15 is 0 Å². The van der Waals surface area contributed by atoms with Gasteiger partial charge in [-0.25, -0.2) is 4.39 Å². The van der Waals surface area contributed by atoms with Gasteiger partial charge in [0.15, 0.2) is 5.78 Å². The van der Waals surface area contributed by atoms with Gasteiger partial charge >= 0.3 is 0 Å². The van der Waals surface area contributed by atoms with Crippen molar-refractivity contribution in [2.75, 3.05) is 0 Å². The van der Waals surface area contributed by atoms with Crippen LogP contribution in [0.1, 0.15) is 18.1 Å². The van der Waals surface area contributed by atoms with E-state index in [9.17, 15) is 14.4 Å². The third kappa shape index (κ3) is 3.20. The van der Waals surface area contributed by atoms with Crippen LogP contribution in [0.3, 0.4) is 0 Å². The van der Waals surface area contributed by atoms with E-state index in [-0.39, 0.29) is 12.2 Å². The lowest BCUT2D eigenvalue weighted by Gasteiger charge is -2.24.